The number of pyridine rings is 1. The normalized spacial score (nSPS) is 12.3. The van der Waals surface area contributed by atoms with Crippen LogP contribution >= 0.6 is 0 Å². The lowest BCUT2D eigenvalue weighted by molar-refractivity contribution is 0.0634. The second-order valence-corrected chi connectivity index (χ2v) is 9.42. The van der Waals surface area contributed by atoms with Crippen LogP contribution in [0.3, 0.4) is 0 Å². The van der Waals surface area contributed by atoms with Gasteiger partial charge in [0.2, 0.25) is 0 Å². The number of nitrogens with one attached hydrogen (secondary N) is 2. The molecule has 2 heterocycles. The molecule has 0 unspecified atom stereocenters. The maximum absolute atomic E-state index is 13.9. The van der Waals surface area contributed by atoms with Gasteiger partial charge in [0.1, 0.15) is 17.5 Å². The van der Waals surface area contributed by atoms with Crippen molar-refractivity contribution in [3.8, 4) is 11.4 Å². The average Bonchev–Trinajstić information content (AvgIpc) is 3.37. The zero-order chi connectivity index (χ0) is 26.7. The first-order chi connectivity index (χ1) is 17.5. The number of nitrogens with zero attached hydrogens (tertiary/aromatic N) is 3. The van der Waals surface area contributed by atoms with E-state index in [1.54, 1.807) is 75.1 Å². The van der Waals surface area contributed by atoms with Gasteiger partial charge in [-0.05, 0) is 75.7 Å². The molecule has 2 aromatic carbocycles. The van der Waals surface area contributed by atoms with Gasteiger partial charge in [-0.25, -0.2) is 18.9 Å². The van der Waals surface area contributed by atoms with Crippen LogP contribution in [0.15, 0.2) is 60.9 Å². The van der Waals surface area contributed by atoms with Gasteiger partial charge in [0, 0.05) is 23.3 Å². The van der Waals surface area contributed by atoms with E-state index in [1.807, 2.05) is 0 Å². The molecular formula is C27H28FN5O4. The van der Waals surface area contributed by atoms with E-state index in [1.165, 1.54) is 18.2 Å². The van der Waals surface area contributed by atoms with E-state index < -0.39 is 30.2 Å². The Labute approximate surface area is 213 Å². The molecule has 0 aliphatic heterocycles. The van der Waals surface area contributed by atoms with Gasteiger partial charge in [-0.3, -0.25) is 5.32 Å². The van der Waals surface area contributed by atoms with Crippen molar-refractivity contribution in [1.29, 1.82) is 5.41 Å². The summed E-state index contributed by atoms with van der Waals surface area (Å²) in [5, 5.41) is 24.9. The van der Waals surface area contributed by atoms with E-state index in [4.69, 9.17) is 14.9 Å². The number of anilines is 1. The van der Waals surface area contributed by atoms with E-state index >= 15 is 0 Å². The molecule has 0 fully saturated rings. The molecule has 1 amide bonds. The number of hydrogen-bond acceptors (Lipinski definition) is 7. The molecule has 0 aliphatic rings. The van der Waals surface area contributed by atoms with E-state index in [0.29, 0.717) is 27.7 Å². The standard InChI is InChI=1S/C27H28FN5O4/c1-16(20-13-17(21(29)15-34)6-9-23(20)33-11-5-10-30-33)36-24-14-18-12-19(28)7-8-22(18)31-25(24)32-26(35)37-27(2,3)4/h5-14,16,29,34H,15H2,1-4H3,(H,31,32,35)/t16-/m0/s1. The SMILES string of the molecule is C[C@H](Oc1cc2cc(F)ccc2nc1NC(=O)OC(C)(C)C)c1cc(C(=N)CO)ccc1-n1cccn1. The van der Waals surface area contributed by atoms with Crippen molar-refractivity contribution < 1.29 is 23.8 Å². The number of ether oxygens (including phenoxy) is 2. The fraction of sp³-hybridized carbons (Fsp3) is 0.259. The summed E-state index contributed by atoms with van der Waals surface area (Å²) in [4.78, 5) is 17.0. The van der Waals surface area contributed by atoms with E-state index in [0.717, 1.165) is 0 Å². The van der Waals surface area contributed by atoms with Crippen molar-refractivity contribution in [1.82, 2.24) is 14.8 Å². The van der Waals surface area contributed by atoms with E-state index in [-0.39, 0.29) is 17.3 Å². The van der Waals surface area contributed by atoms with E-state index in [2.05, 4.69) is 15.4 Å². The molecule has 0 bridgehead atoms. The molecular weight excluding hydrogens is 477 g/mol. The van der Waals surface area contributed by atoms with Crippen LogP contribution < -0.4 is 10.1 Å². The summed E-state index contributed by atoms with van der Waals surface area (Å²) in [6.07, 6.45) is 2.08. The van der Waals surface area contributed by atoms with Crippen molar-refractivity contribution in [2.75, 3.05) is 11.9 Å². The number of fused-ring (bicyclic) bond motifs is 1. The Hall–Kier alpha value is -4.31. The Balaban J connectivity index is 1.76. The highest BCUT2D eigenvalue weighted by Gasteiger charge is 2.22. The summed E-state index contributed by atoms with van der Waals surface area (Å²) in [5.74, 6) is -0.122. The minimum Gasteiger partial charge on any atom is -0.482 e. The number of halogens is 1. The van der Waals surface area contributed by atoms with Crippen molar-refractivity contribution >= 4 is 28.5 Å². The summed E-state index contributed by atoms with van der Waals surface area (Å²) in [5.41, 5.74) is 1.68. The summed E-state index contributed by atoms with van der Waals surface area (Å²) in [6, 6.07) is 12.8. The fourth-order valence-electron chi connectivity index (χ4n) is 3.74. The Morgan fingerprint density at radius 2 is 2.00 bits per heavy atom. The first-order valence-electron chi connectivity index (χ1n) is 11.6. The highest BCUT2D eigenvalue weighted by Crippen LogP contribution is 2.34. The Kier molecular flexibility index (Phi) is 7.21. The van der Waals surface area contributed by atoms with Crippen LogP contribution in [0.25, 0.3) is 16.6 Å². The third-order valence-electron chi connectivity index (χ3n) is 5.39. The van der Waals surface area contributed by atoms with E-state index in [9.17, 15) is 14.3 Å². The molecule has 1 atom stereocenters. The average molecular weight is 506 g/mol. The largest absolute Gasteiger partial charge is 0.482 e. The molecule has 10 heteroatoms. The van der Waals surface area contributed by atoms with Gasteiger partial charge in [-0.15, -0.1) is 0 Å². The quantitative estimate of drug-likeness (QED) is 0.289. The minimum atomic E-state index is -0.728. The topological polar surface area (TPSA) is 122 Å². The monoisotopic (exact) mass is 505 g/mol. The zero-order valence-electron chi connectivity index (χ0n) is 20.9. The van der Waals surface area contributed by atoms with Gasteiger partial charge >= 0.3 is 6.09 Å². The second kappa shape index (κ2) is 10.4. The number of carbonyl (C=O) groups is 1. The molecule has 192 valence electrons. The highest BCUT2D eigenvalue weighted by atomic mass is 19.1. The number of hydrogen-bond donors (Lipinski definition) is 3. The van der Waals surface area contributed by atoms with Gasteiger partial charge in [0.05, 0.1) is 23.5 Å². The lowest BCUT2D eigenvalue weighted by Gasteiger charge is -2.23. The molecule has 0 aliphatic carbocycles. The number of aliphatic hydroxyl groups is 1. The molecule has 37 heavy (non-hydrogen) atoms. The third-order valence-corrected chi connectivity index (χ3v) is 5.39. The first kappa shape index (κ1) is 25.8. The van der Waals surface area contributed by atoms with Crippen LogP contribution in [0.1, 0.15) is 44.9 Å². The Morgan fingerprint density at radius 1 is 1.22 bits per heavy atom. The predicted molar refractivity (Wildman–Crippen MR) is 138 cm³/mol. The lowest BCUT2D eigenvalue weighted by Crippen LogP contribution is -2.27. The highest BCUT2D eigenvalue weighted by molar-refractivity contribution is 5.99. The summed E-state index contributed by atoms with van der Waals surface area (Å²) in [7, 11) is 0. The molecule has 4 rings (SSSR count). The summed E-state index contributed by atoms with van der Waals surface area (Å²) in [6.45, 7) is 6.62. The molecule has 3 N–H and O–H groups in total. The number of benzene rings is 2. The van der Waals surface area contributed by atoms with Crippen molar-refractivity contribution in [3.05, 3.63) is 77.9 Å². The lowest BCUT2D eigenvalue weighted by atomic mass is 10.0. The third kappa shape index (κ3) is 6.10. The van der Waals surface area contributed by atoms with Gasteiger partial charge in [-0.1, -0.05) is 6.07 Å². The van der Waals surface area contributed by atoms with Crippen LogP contribution in [-0.2, 0) is 4.74 Å². The fourth-order valence-corrected chi connectivity index (χ4v) is 3.74. The maximum atomic E-state index is 13.9. The van der Waals surface area contributed by atoms with Crippen LogP contribution in [0.2, 0.25) is 0 Å². The van der Waals surface area contributed by atoms with Gasteiger partial charge in [0.15, 0.2) is 11.6 Å². The van der Waals surface area contributed by atoms with Gasteiger partial charge < -0.3 is 20.0 Å². The van der Waals surface area contributed by atoms with Crippen LogP contribution in [-0.4, -0.2) is 43.9 Å². The predicted octanol–water partition coefficient (Wildman–Crippen LogP) is 5.41. The first-order valence-corrected chi connectivity index (χ1v) is 11.6. The number of amides is 1. The van der Waals surface area contributed by atoms with Crippen LogP contribution in [0, 0.1) is 11.2 Å². The minimum absolute atomic E-state index is 0.0515. The Bertz CT molecular complexity index is 1450. The van der Waals surface area contributed by atoms with Crippen LogP contribution in [0.5, 0.6) is 5.75 Å². The summed E-state index contributed by atoms with van der Waals surface area (Å²) < 4.78 is 27.3. The number of aliphatic hydroxyl groups excluding tert-OH is 1. The van der Waals surface area contributed by atoms with Crippen molar-refractivity contribution in [2.24, 2.45) is 0 Å². The van der Waals surface area contributed by atoms with Crippen molar-refractivity contribution in [2.45, 2.75) is 39.4 Å². The maximum Gasteiger partial charge on any atom is 0.413 e. The molecule has 0 saturated carbocycles. The second-order valence-electron chi connectivity index (χ2n) is 9.42. The number of aromatic nitrogens is 3. The Morgan fingerprint density at radius 3 is 2.68 bits per heavy atom. The molecule has 0 saturated heterocycles. The van der Waals surface area contributed by atoms with Crippen LogP contribution in [0.4, 0.5) is 15.0 Å². The molecule has 9 nitrogen and oxygen atoms in total. The number of rotatable bonds is 7. The zero-order valence-corrected chi connectivity index (χ0v) is 20.9. The van der Waals surface area contributed by atoms with Gasteiger partial charge in [-0.2, -0.15) is 5.10 Å². The molecule has 2 aromatic heterocycles. The smallest absolute Gasteiger partial charge is 0.413 e. The summed E-state index contributed by atoms with van der Waals surface area (Å²) >= 11 is 0. The number of carbonyl (C=O) groups excluding carboxylic acids is 1. The molecule has 0 spiro atoms. The molecule has 4 aromatic rings. The molecule has 0 radical (unpaired) electrons. The van der Waals surface area contributed by atoms with Crippen molar-refractivity contribution in [3.63, 3.8) is 0 Å². The van der Waals surface area contributed by atoms with Gasteiger partial charge in [0.25, 0.3) is 0 Å².